The summed E-state index contributed by atoms with van der Waals surface area (Å²) in [5.74, 6) is -1.65. The fraction of sp³-hybridized carbons (Fsp3) is 0.455. The monoisotopic (exact) mass is 522 g/mol. The van der Waals surface area contributed by atoms with Gasteiger partial charge in [-0.3, -0.25) is 10.1 Å². The van der Waals surface area contributed by atoms with Crippen molar-refractivity contribution in [2.75, 3.05) is 48.1 Å². The van der Waals surface area contributed by atoms with Crippen LogP contribution in [0.2, 0.25) is 0 Å². The molecule has 35 heavy (non-hydrogen) atoms. The van der Waals surface area contributed by atoms with Crippen molar-refractivity contribution in [3.8, 4) is 0 Å². The standard InChI is InChI=1S/C22H26N4O7S2/c1-35(31,32)20-17(19(28)29)24-22(34-20)25-21(30)23-16-7-6-14(26-8-10-33-11-9-26)12-15(16)18(27)13-4-2-3-5-13/h6-7,12-13H,2-5,8-11H2,1H3,(H,28,29)(H2,23,24,25,30). The number of carboxylic acids is 1. The number of urea groups is 1. The summed E-state index contributed by atoms with van der Waals surface area (Å²) < 4.78 is 28.7. The SMILES string of the molecule is CS(=O)(=O)c1sc(NC(=O)Nc2ccc(N3CCOCC3)cc2C(=O)C2CCCC2)nc1C(=O)O. The van der Waals surface area contributed by atoms with E-state index in [1.807, 2.05) is 6.07 Å². The normalized spacial score (nSPS) is 16.8. The molecule has 2 heterocycles. The van der Waals surface area contributed by atoms with Crippen LogP contribution in [0.5, 0.6) is 0 Å². The third kappa shape index (κ3) is 5.80. The van der Waals surface area contributed by atoms with Crippen LogP contribution in [-0.2, 0) is 14.6 Å². The lowest BCUT2D eigenvalue weighted by Crippen LogP contribution is -2.36. The van der Waals surface area contributed by atoms with Gasteiger partial charge in [-0.2, -0.15) is 0 Å². The minimum atomic E-state index is -3.85. The second-order valence-electron chi connectivity index (χ2n) is 8.49. The van der Waals surface area contributed by atoms with E-state index in [1.165, 1.54) is 0 Å². The van der Waals surface area contributed by atoms with Crippen molar-refractivity contribution in [3.05, 3.63) is 29.5 Å². The predicted molar refractivity (Wildman–Crippen MR) is 131 cm³/mol. The quantitative estimate of drug-likeness (QED) is 0.465. The molecule has 2 aliphatic rings. The average Bonchev–Trinajstić information content (AvgIpc) is 3.50. The maximum absolute atomic E-state index is 13.3. The van der Waals surface area contributed by atoms with E-state index in [0.717, 1.165) is 37.6 Å². The number of hydrogen-bond donors (Lipinski definition) is 3. The summed E-state index contributed by atoms with van der Waals surface area (Å²) in [6.07, 6.45) is 4.45. The molecule has 1 saturated heterocycles. The Kier molecular flexibility index (Phi) is 7.38. The Morgan fingerprint density at radius 3 is 2.43 bits per heavy atom. The number of sulfone groups is 1. The van der Waals surface area contributed by atoms with Crippen LogP contribution >= 0.6 is 11.3 Å². The number of carbonyl (C=O) groups excluding carboxylic acids is 2. The van der Waals surface area contributed by atoms with E-state index in [9.17, 15) is 27.9 Å². The lowest BCUT2D eigenvalue weighted by atomic mass is 9.94. The molecule has 1 aromatic heterocycles. The van der Waals surface area contributed by atoms with E-state index in [2.05, 4.69) is 20.5 Å². The Labute approximate surface area is 206 Å². The number of anilines is 3. The van der Waals surface area contributed by atoms with E-state index in [0.29, 0.717) is 48.9 Å². The topological polar surface area (TPSA) is 155 Å². The van der Waals surface area contributed by atoms with Crippen LogP contribution in [0.1, 0.15) is 46.5 Å². The van der Waals surface area contributed by atoms with Crippen molar-refractivity contribution in [1.29, 1.82) is 0 Å². The summed E-state index contributed by atoms with van der Waals surface area (Å²) in [6.45, 7) is 2.58. The molecule has 188 valence electrons. The molecule has 0 bridgehead atoms. The van der Waals surface area contributed by atoms with Crippen LogP contribution < -0.4 is 15.5 Å². The van der Waals surface area contributed by atoms with E-state index >= 15 is 0 Å². The van der Waals surface area contributed by atoms with Crippen molar-refractivity contribution >= 4 is 55.5 Å². The van der Waals surface area contributed by atoms with Gasteiger partial charge in [-0.15, -0.1) is 0 Å². The molecule has 2 fully saturated rings. The zero-order valence-corrected chi connectivity index (χ0v) is 20.7. The number of nitrogens with zero attached hydrogens (tertiary/aromatic N) is 2. The van der Waals surface area contributed by atoms with E-state index in [-0.39, 0.29) is 16.8 Å². The number of aromatic nitrogens is 1. The molecule has 4 rings (SSSR count). The van der Waals surface area contributed by atoms with Gasteiger partial charge in [0.25, 0.3) is 0 Å². The number of rotatable bonds is 7. The number of ether oxygens (including phenoxy) is 1. The largest absolute Gasteiger partial charge is 0.476 e. The molecule has 2 aromatic rings. The summed E-state index contributed by atoms with van der Waals surface area (Å²) in [4.78, 5) is 43.3. The van der Waals surface area contributed by atoms with Gasteiger partial charge in [-0.25, -0.2) is 23.0 Å². The van der Waals surface area contributed by atoms with Gasteiger partial charge in [0.15, 0.2) is 30.7 Å². The van der Waals surface area contributed by atoms with Crippen LogP contribution in [0.4, 0.5) is 21.3 Å². The Bertz CT molecular complexity index is 1250. The fourth-order valence-electron chi connectivity index (χ4n) is 4.27. The Morgan fingerprint density at radius 1 is 1.14 bits per heavy atom. The first kappa shape index (κ1) is 25.1. The zero-order chi connectivity index (χ0) is 25.2. The molecule has 2 amide bonds. The van der Waals surface area contributed by atoms with E-state index in [1.54, 1.807) is 12.1 Å². The van der Waals surface area contributed by atoms with Gasteiger partial charge >= 0.3 is 12.0 Å². The van der Waals surface area contributed by atoms with Crippen molar-refractivity contribution in [3.63, 3.8) is 0 Å². The molecule has 11 nitrogen and oxygen atoms in total. The molecular weight excluding hydrogens is 496 g/mol. The highest BCUT2D eigenvalue weighted by atomic mass is 32.2. The number of benzene rings is 1. The van der Waals surface area contributed by atoms with Gasteiger partial charge in [0, 0.05) is 36.5 Å². The molecule has 1 saturated carbocycles. The number of carboxylic acid groups (broad SMARTS) is 1. The number of amides is 2. The third-order valence-electron chi connectivity index (χ3n) is 5.97. The maximum Gasteiger partial charge on any atom is 0.356 e. The molecule has 3 N–H and O–H groups in total. The number of aromatic carboxylic acids is 1. The summed E-state index contributed by atoms with van der Waals surface area (Å²) in [5, 5.41) is 14.1. The molecule has 1 aromatic carbocycles. The fourth-order valence-corrected chi connectivity index (χ4v) is 6.28. The first-order chi connectivity index (χ1) is 16.6. The number of hydrogen-bond acceptors (Lipinski definition) is 9. The van der Waals surface area contributed by atoms with Crippen LogP contribution in [-0.4, -0.2) is 68.9 Å². The Balaban J connectivity index is 1.58. The first-order valence-corrected chi connectivity index (χ1v) is 13.9. The van der Waals surface area contributed by atoms with E-state index < -0.39 is 31.7 Å². The minimum absolute atomic E-state index is 0.0327. The number of morpholine rings is 1. The number of ketones is 1. The van der Waals surface area contributed by atoms with Crippen LogP contribution in [0, 0.1) is 5.92 Å². The summed E-state index contributed by atoms with van der Waals surface area (Å²) >= 11 is 0.549. The van der Waals surface area contributed by atoms with Gasteiger partial charge in [0.05, 0.1) is 18.9 Å². The van der Waals surface area contributed by atoms with Crippen molar-refractivity contribution in [2.45, 2.75) is 29.9 Å². The second kappa shape index (κ2) is 10.3. The molecule has 0 spiro atoms. The Hall–Kier alpha value is -3.03. The van der Waals surface area contributed by atoms with Gasteiger partial charge in [0.2, 0.25) is 0 Å². The minimum Gasteiger partial charge on any atom is -0.476 e. The van der Waals surface area contributed by atoms with Gasteiger partial charge in [-0.1, -0.05) is 24.2 Å². The molecule has 1 aliphatic carbocycles. The van der Waals surface area contributed by atoms with Gasteiger partial charge < -0.3 is 20.1 Å². The molecule has 0 atom stereocenters. The first-order valence-electron chi connectivity index (χ1n) is 11.2. The number of nitrogens with one attached hydrogen (secondary N) is 2. The number of thiazole rings is 1. The van der Waals surface area contributed by atoms with Gasteiger partial charge in [-0.05, 0) is 31.0 Å². The van der Waals surface area contributed by atoms with Crippen LogP contribution in [0.15, 0.2) is 22.4 Å². The molecule has 13 heteroatoms. The highest BCUT2D eigenvalue weighted by molar-refractivity contribution is 7.93. The molecule has 1 aliphatic heterocycles. The lowest BCUT2D eigenvalue weighted by molar-refractivity contribution is 0.0687. The average molecular weight is 523 g/mol. The number of carbonyl (C=O) groups is 3. The summed E-state index contributed by atoms with van der Waals surface area (Å²) in [6, 6.07) is 4.50. The van der Waals surface area contributed by atoms with Crippen molar-refractivity contribution in [2.24, 2.45) is 5.92 Å². The highest BCUT2D eigenvalue weighted by Gasteiger charge is 2.28. The molecular formula is C22H26N4O7S2. The summed E-state index contributed by atoms with van der Waals surface area (Å²) in [7, 11) is -3.85. The number of Topliss-reactive ketones (excluding diaryl/α,β-unsaturated/α-hetero) is 1. The van der Waals surface area contributed by atoms with E-state index in [4.69, 9.17) is 4.74 Å². The summed E-state index contributed by atoms with van der Waals surface area (Å²) in [5.41, 5.74) is 0.928. The van der Waals surface area contributed by atoms with Crippen molar-refractivity contribution < 1.29 is 32.6 Å². The molecule has 0 radical (unpaired) electrons. The third-order valence-corrected chi connectivity index (χ3v) is 8.77. The van der Waals surface area contributed by atoms with Gasteiger partial charge in [0.1, 0.15) is 0 Å². The zero-order valence-electron chi connectivity index (χ0n) is 19.1. The smallest absolute Gasteiger partial charge is 0.356 e. The maximum atomic E-state index is 13.3. The van der Waals surface area contributed by atoms with Crippen molar-refractivity contribution in [1.82, 2.24) is 4.98 Å². The highest BCUT2D eigenvalue weighted by Crippen LogP contribution is 2.33. The van der Waals surface area contributed by atoms with Crippen LogP contribution in [0.3, 0.4) is 0 Å². The van der Waals surface area contributed by atoms with Crippen LogP contribution in [0.25, 0.3) is 0 Å². The second-order valence-corrected chi connectivity index (χ2v) is 11.7. The lowest BCUT2D eigenvalue weighted by Gasteiger charge is -2.29. The predicted octanol–water partition coefficient (Wildman–Crippen LogP) is 3.10. The molecule has 0 unspecified atom stereocenters. The Morgan fingerprint density at radius 2 is 1.83 bits per heavy atom.